The van der Waals surface area contributed by atoms with E-state index < -0.39 is 0 Å². The van der Waals surface area contributed by atoms with Crippen molar-refractivity contribution in [1.82, 2.24) is 10.2 Å². The molecule has 1 fully saturated rings. The molecule has 5 nitrogen and oxygen atoms in total. The van der Waals surface area contributed by atoms with Crippen LogP contribution in [-0.4, -0.2) is 44.1 Å². The number of carbonyl (C=O) groups is 1. The molecule has 1 amide bonds. The van der Waals surface area contributed by atoms with Crippen LogP contribution in [0, 0.1) is 5.92 Å². The lowest BCUT2D eigenvalue weighted by molar-refractivity contribution is 0.0924. The van der Waals surface area contributed by atoms with Gasteiger partial charge in [0, 0.05) is 13.1 Å². The molecule has 0 spiro atoms. The molecule has 0 bridgehead atoms. The average molecular weight is 380 g/mol. The smallest absolute Gasteiger partial charge is 0.255 e. The van der Waals surface area contributed by atoms with Crippen molar-refractivity contribution < 1.29 is 9.53 Å². The van der Waals surface area contributed by atoms with Gasteiger partial charge in [-0.2, -0.15) is 0 Å². The number of hydrogen-bond acceptors (Lipinski definition) is 4. The molecular weight excluding hydrogens is 350 g/mol. The third-order valence-corrected chi connectivity index (χ3v) is 6.00. The zero-order valence-corrected chi connectivity index (χ0v) is 16.7. The molecule has 1 saturated heterocycles. The Morgan fingerprint density at radius 1 is 1.04 bits per heavy atom. The van der Waals surface area contributed by atoms with Crippen LogP contribution < -0.4 is 15.0 Å². The summed E-state index contributed by atoms with van der Waals surface area (Å²) in [6.45, 7) is 6.55. The predicted molar refractivity (Wildman–Crippen MR) is 112 cm³/mol. The Morgan fingerprint density at radius 3 is 2.46 bits per heavy atom. The minimum atomic E-state index is -0.169. The molecule has 2 aliphatic heterocycles. The van der Waals surface area contributed by atoms with Crippen molar-refractivity contribution in [2.45, 2.75) is 25.9 Å². The summed E-state index contributed by atoms with van der Waals surface area (Å²) in [5.74, 6) is 1.64. The molecule has 1 N–H and O–H groups in total. The fraction of sp³-hybridized carbons (Fsp3) is 0.435. The lowest BCUT2D eigenvalue weighted by atomic mass is 9.99. The number of likely N-dealkylation sites (tertiary alicyclic amines) is 1. The van der Waals surface area contributed by atoms with Crippen LogP contribution in [0.1, 0.15) is 41.9 Å². The van der Waals surface area contributed by atoms with E-state index in [9.17, 15) is 4.79 Å². The quantitative estimate of drug-likeness (QED) is 0.861. The second-order valence-electron chi connectivity index (χ2n) is 7.88. The van der Waals surface area contributed by atoms with Crippen LogP contribution >= 0.6 is 0 Å². The molecule has 0 aromatic heterocycles. The van der Waals surface area contributed by atoms with Gasteiger partial charge >= 0.3 is 0 Å². The number of methoxy groups -OCH3 is 1. The summed E-state index contributed by atoms with van der Waals surface area (Å²) in [5.41, 5.74) is 2.83. The lowest BCUT2D eigenvalue weighted by Gasteiger charge is -2.41. The number of amides is 1. The number of para-hydroxylation sites is 1. The second-order valence-corrected chi connectivity index (χ2v) is 7.88. The monoisotopic (exact) mass is 379 g/mol. The van der Waals surface area contributed by atoms with Crippen LogP contribution in [0.5, 0.6) is 5.75 Å². The number of benzene rings is 2. The number of nitrogens with one attached hydrogen (secondary N) is 1. The van der Waals surface area contributed by atoms with Gasteiger partial charge < -0.3 is 19.9 Å². The van der Waals surface area contributed by atoms with Crippen LogP contribution in [-0.2, 0) is 0 Å². The highest BCUT2D eigenvalue weighted by Gasteiger charge is 2.31. The minimum absolute atomic E-state index is 0.0144. The Kier molecular flexibility index (Phi) is 5.53. The number of carbonyl (C=O) groups excluding carboxylic acids is 1. The summed E-state index contributed by atoms with van der Waals surface area (Å²) in [6, 6.07) is 15.9. The van der Waals surface area contributed by atoms with Gasteiger partial charge in [-0.05, 0) is 61.7 Å². The van der Waals surface area contributed by atoms with Gasteiger partial charge in [0.05, 0.1) is 18.4 Å². The Bertz CT molecular complexity index is 813. The predicted octanol–water partition coefficient (Wildman–Crippen LogP) is 3.68. The van der Waals surface area contributed by atoms with E-state index in [1.807, 2.05) is 42.5 Å². The first-order valence-electron chi connectivity index (χ1n) is 10.2. The summed E-state index contributed by atoms with van der Waals surface area (Å²) in [5, 5.41) is 3.20. The molecule has 1 unspecified atom stereocenters. The summed E-state index contributed by atoms with van der Waals surface area (Å²) in [6.07, 6.45) is 2.38. The number of ether oxygens (including phenoxy) is 1. The lowest BCUT2D eigenvalue weighted by Crippen LogP contribution is -2.49. The number of nitrogens with zero attached hydrogens (tertiary/aromatic N) is 2. The summed E-state index contributed by atoms with van der Waals surface area (Å²) in [4.78, 5) is 17.6. The first-order valence-corrected chi connectivity index (χ1v) is 10.2. The molecule has 0 radical (unpaired) electrons. The molecule has 0 saturated carbocycles. The Balaban J connectivity index is 1.59. The van der Waals surface area contributed by atoms with Crippen molar-refractivity contribution in [1.29, 1.82) is 0 Å². The van der Waals surface area contributed by atoms with E-state index in [4.69, 9.17) is 4.74 Å². The van der Waals surface area contributed by atoms with Crippen molar-refractivity contribution in [3.63, 3.8) is 0 Å². The van der Waals surface area contributed by atoms with Gasteiger partial charge in [-0.1, -0.05) is 31.2 Å². The molecule has 2 aromatic rings. The number of rotatable bonds is 5. The van der Waals surface area contributed by atoms with Crippen LogP contribution in [0.3, 0.4) is 0 Å². The van der Waals surface area contributed by atoms with Crippen LogP contribution in [0.4, 0.5) is 5.69 Å². The number of piperidine rings is 1. The molecule has 0 aliphatic carbocycles. The molecule has 148 valence electrons. The zero-order chi connectivity index (χ0) is 19.5. The highest BCUT2D eigenvalue weighted by Crippen LogP contribution is 2.33. The molecule has 28 heavy (non-hydrogen) atoms. The Labute approximate surface area is 167 Å². The maximum absolute atomic E-state index is 12.7. The van der Waals surface area contributed by atoms with Gasteiger partial charge in [0.15, 0.2) is 0 Å². The maximum Gasteiger partial charge on any atom is 0.255 e. The fourth-order valence-electron chi connectivity index (χ4n) is 4.17. The van der Waals surface area contributed by atoms with Crippen LogP contribution in [0.15, 0.2) is 48.5 Å². The van der Waals surface area contributed by atoms with Crippen molar-refractivity contribution in [3.05, 3.63) is 59.7 Å². The average Bonchev–Trinajstić information content (AvgIpc) is 2.74. The van der Waals surface area contributed by atoms with E-state index in [1.54, 1.807) is 7.11 Å². The van der Waals surface area contributed by atoms with E-state index in [2.05, 4.69) is 28.1 Å². The van der Waals surface area contributed by atoms with Gasteiger partial charge in [-0.3, -0.25) is 4.79 Å². The van der Waals surface area contributed by atoms with Crippen molar-refractivity contribution >= 4 is 11.6 Å². The number of fused-ring (bicyclic) bond motifs is 1. The Morgan fingerprint density at radius 2 is 1.75 bits per heavy atom. The first kappa shape index (κ1) is 18.8. The van der Waals surface area contributed by atoms with Gasteiger partial charge in [0.2, 0.25) is 0 Å². The number of anilines is 1. The highest BCUT2D eigenvalue weighted by molar-refractivity contribution is 6.02. The van der Waals surface area contributed by atoms with E-state index in [0.717, 1.165) is 54.7 Å². The second kappa shape index (κ2) is 8.23. The Hall–Kier alpha value is -2.53. The first-order chi connectivity index (χ1) is 13.7. The molecule has 1 atom stereocenters. The van der Waals surface area contributed by atoms with Gasteiger partial charge in [0.25, 0.3) is 5.91 Å². The van der Waals surface area contributed by atoms with Crippen LogP contribution in [0.25, 0.3) is 0 Å². The molecular formula is C23H29N3O2. The summed E-state index contributed by atoms with van der Waals surface area (Å²) in [7, 11) is 1.67. The maximum atomic E-state index is 12.7. The van der Waals surface area contributed by atoms with Crippen molar-refractivity contribution in [3.8, 4) is 5.75 Å². The van der Waals surface area contributed by atoms with E-state index in [0.29, 0.717) is 0 Å². The van der Waals surface area contributed by atoms with Crippen molar-refractivity contribution in [2.75, 3.05) is 38.2 Å². The summed E-state index contributed by atoms with van der Waals surface area (Å²) >= 11 is 0. The van der Waals surface area contributed by atoms with Crippen molar-refractivity contribution in [2.24, 2.45) is 5.92 Å². The third kappa shape index (κ3) is 3.85. The fourth-order valence-corrected chi connectivity index (χ4v) is 4.17. The van der Waals surface area contributed by atoms with Gasteiger partial charge in [-0.25, -0.2) is 0 Å². The zero-order valence-electron chi connectivity index (χ0n) is 16.7. The van der Waals surface area contributed by atoms with Gasteiger partial charge in [0.1, 0.15) is 11.9 Å². The molecule has 2 aromatic carbocycles. The normalized spacial score (nSPS) is 20.6. The van der Waals surface area contributed by atoms with E-state index >= 15 is 0 Å². The SMILES string of the molecule is COc1ccc(C2NC(=O)c3ccccc3N2CCN2CCC(C)CC2)cc1. The third-order valence-electron chi connectivity index (χ3n) is 6.00. The molecule has 4 rings (SSSR count). The molecule has 2 heterocycles. The molecule has 5 heteroatoms. The van der Waals surface area contributed by atoms with E-state index in [1.165, 1.54) is 12.8 Å². The van der Waals surface area contributed by atoms with E-state index in [-0.39, 0.29) is 12.1 Å². The standard InChI is InChI=1S/C23H29N3O2/c1-17-11-13-25(14-12-17)15-16-26-21-6-4-3-5-20(21)23(27)24-22(26)18-7-9-19(28-2)10-8-18/h3-10,17,22H,11-16H2,1-2H3,(H,24,27). The van der Waals surface area contributed by atoms with Gasteiger partial charge in [-0.15, -0.1) is 0 Å². The number of hydrogen-bond donors (Lipinski definition) is 1. The van der Waals surface area contributed by atoms with Crippen LogP contribution in [0.2, 0.25) is 0 Å². The minimum Gasteiger partial charge on any atom is -0.497 e. The largest absolute Gasteiger partial charge is 0.497 e. The highest BCUT2D eigenvalue weighted by atomic mass is 16.5. The topological polar surface area (TPSA) is 44.8 Å². The summed E-state index contributed by atoms with van der Waals surface area (Å²) < 4.78 is 5.29. The molecule has 2 aliphatic rings.